The van der Waals surface area contributed by atoms with Gasteiger partial charge >= 0.3 is 6.18 Å². The summed E-state index contributed by atoms with van der Waals surface area (Å²) < 4.78 is 44.3. The molecule has 0 bridgehead atoms. The highest BCUT2D eigenvalue weighted by atomic mass is 32.1. The third-order valence-electron chi connectivity index (χ3n) is 6.04. The molecule has 10 heteroatoms. The molecule has 0 aliphatic heterocycles. The van der Waals surface area contributed by atoms with Gasteiger partial charge in [0, 0.05) is 24.5 Å². The minimum atomic E-state index is -4.43. The highest BCUT2D eigenvalue weighted by Crippen LogP contribution is 2.36. The molecule has 1 saturated carbocycles. The molecule has 4 aromatic rings. The number of halogens is 3. The SMILES string of the molecule is Cc1nc(C(=O)N(CCNC(=O)c2cccc3occc23)C2CC2)c(-c2ccc(C(F)(F)F)cc2)s1. The first-order chi connectivity index (χ1) is 17.2. The minimum absolute atomic E-state index is 0.0502. The van der Waals surface area contributed by atoms with Crippen LogP contribution in [-0.2, 0) is 6.18 Å². The Morgan fingerprint density at radius 1 is 1.14 bits per heavy atom. The van der Waals surface area contributed by atoms with Gasteiger partial charge in [0.1, 0.15) is 11.3 Å². The fourth-order valence-electron chi connectivity index (χ4n) is 4.13. The number of rotatable bonds is 7. The molecule has 5 rings (SSSR count). The Bertz CT molecular complexity index is 1420. The molecule has 0 saturated heterocycles. The average Bonchev–Trinajstić information content (AvgIpc) is 3.43. The van der Waals surface area contributed by atoms with Gasteiger partial charge in [0.2, 0.25) is 0 Å². The number of hydrogen-bond acceptors (Lipinski definition) is 5. The number of carbonyl (C=O) groups is 2. The largest absolute Gasteiger partial charge is 0.464 e. The Morgan fingerprint density at radius 2 is 1.89 bits per heavy atom. The second-order valence-corrected chi connectivity index (χ2v) is 9.81. The maximum Gasteiger partial charge on any atom is 0.416 e. The van der Waals surface area contributed by atoms with Crippen LogP contribution in [0.4, 0.5) is 13.2 Å². The first-order valence-corrected chi connectivity index (χ1v) is 12.2. The van der Waals surface area contributed by atoms with Gasteiger partial charge in [-0.25, -0.2) is 4.98 Å². The van der Waals surface area contributed by atoms with Crippen molar-refractivity contribution in [2.45, 2.75) is 32.0 Å². The number of carbonyl (C=O) groups excluding carboxylic acids is 2. The number of aryl methyl sites for hydroxylation is 1. The van der Waals surface area contributed by atoms with E-state index in [2.05, 4.69) is 10.3 Å². The number of furan rings is 1. The lowest BCUT2D eigenvalue weighted by molar-refractivity contribution is -0.137. The monoisotopic (exact) mass is 513 g/mol. The van der Waals surface area contributed by atoms with Crippen molar-refractivity contribution in [3.8, 4) is 10.4 Å². The second-order valence-electron chi connectivity index (χ2n) is 8.61. The lowest BCUT2D eigenvalue weighted by Gasteiger charge is -2.22. The van der Waals surface area contributed by atoms with Crippen molar-refractivity contribution in [3.63, 3.8) is 0 Å². The molecule has 0 atom stereocenters. The molecule has 1 aliphatic carbocycles. The molecule has 2 heterocycles. The fraction of sp³-hybridized carbons (Fsp3) is 0.269. The van der Waals surface area contributed by atoms with E-state index in [0.29, 0.717) is 38.5 Å². The van der Waals surface area contributed by atoms with Gasteiger partial charge in [-0.2, -0.15) is 13.2 Å². The summed E-state index contributed by atoms with van der Waals surface area (Å²) in [5.74, 6) is -0.553. The Hall–Kier alpha value is -3.66. The Kier molecular flexibility index (Phi) is 6.29. The van der Waals surface area contributed by atoms with E-state index in [0.717, 1.165) is 25.0 Å². The summed E-state index contributed by atoms with van der Waals surface area (Å²) in [4.78, 5) is 32.9. The number of amides is 2. The van der Waals surface area contributed by atoms with Gasteiger partial charge in [-0.3, -0.25) is 9.59 Å². The molecule has 0 spiro atoms. The van der Waals surface area contributed by atoms with E-state index in [-0.39, 0.29) is 30.1 Å². The number of hydrogen-bond donors (Lipinski definition) is 1. The molecular weight excluding hydrogens is 491 g/mol. The number of nitrogens with one attached hydrogen (secondary N) is 1. The summed E-state index contributed by atoms with van der Waals surface area (Å²) in [6.07, 6.45) is -1.20. The zero-order chi connectivity index (χ0) is 25.4. The van der Waals surface area contributed by atoms with E-state index in [4.69, 9.17) is 4.42 Å². The number of fused-ring (bicyclic) bond motifs is 1. The number of alkyl halides is 3. The van der Waals surface area contributed by atoms with Crippen LogP contribution in [0.3, 0.4) is 0 Å². The summed E-state index contributed by atoms with van der Waals surface area (Å²) in [5, 5.41) is 4.23. The van der Waals surface area contributed by atoms with Crippen molar-refractivity contribution in [1.82, 2.24) is 15.2 Å². The summed E-state index contributed by atoms with van der Waals surface area (Å²) in [6.45, 7) is 2.29. The molecular formula is C26H22F3N3O3S. The standard InChI is InChI=1S/C26H22F3N3O3S/c1-15-31-22(23(36-15)16-5-7-17(8-6-16)26(27,28)29)25(34)32(18-9-10-18)13-12-30-24(33)20-3-2-4-21-19(20)11-14-35-21/h2-8,11,14,18H,9-10,12-13H2,1H3,(H,30,33). The number of nitrogens with zero attached hydrogens (tertiary/aromatic N) is 2. The first-order valence-electron chi connectivity index (χ1n) is 11.4. The highest BCUT2D eigenvalue weighted by Gasteiger charge is 2.35. The zero-order valence-corrected chi connectivity index (χ0v) is 20.1. The summed E-state index contributed by atoms with van der Waals surface area (Å²) in [6, 6.07) is 11.8. The van der Waals surface area contributed by atoms with Crippen molar-refractivity contribution in [1.29, 1.82) is 0 Å². The number of benzene rings is 2. The average molecular weight is 514 g/mol. The van der Waals surface area contributed by atoms with Gasteiger partial charge in [0.25, 0.3) is 11.8 Å². The van der Waals surface area contributed by atoms with Gasteiger partial charge in [-0.15, -0.1) is 11.3 Å². The maximum atomic E-state index is 13.5. The predicted molar refractivity (Wildman–Crippen MR) is 130 cm³/mol. The topological polar surface area (TPSA) is 75.4 Å². The van der Waals surface area contributed by atoms with Gasteiger partial charge in [0.15, 0.2) is 0 Å². The van der Waals surface area contributed by atoms with E-state index in [1.807, 2.05) is 0 Å². The van der Waals surface area contributed by atoms with Crippen molar-refractivity contribution >= 4 is 34.1 Å². The maximum absolute atomic E-state index is 13.5. The predicted octanol–water partition coefficient (Wildman–Crippen LogP) is 5.92. The van der Waals surface area contributed by atoms with Gasteiger partial charge < -0.3 is 14.6 Å². The van der Waals surface area contributed by atoms with E-state index < -0.39 is 11.7 Å². The van der Waals surface area contributed by atoms with Crippen LogP contribution in [0.1, 0.15) is 44.3 Å². The third-order valence-corrected chi connectivity index (χ3v) is 7.06. The highest BCUT2D eigenvalue weighted by molar-refractivity contribution is 7.15. The van der Waals surface area contributed by atoms with E-state index in [1.54, 1.807) is 36.1 Å². The fourth-order valence-corrected chi connectivity index (χ4v) is 5.04. The summed E-state index contributed by atoms with van der Waals surface area (Å²) >= 11 is 1.27. The van der Waals surface area contributed by atoms with E-state index in [9.17, 15) is 22.8 Å². The summed E-state index contributed by atoms with van der Waals surface area (Å²) in [5.41, 5.74) is 1.09. The van der Waals surface area contributed by atoms with Crippen LogP contribution in [0, 0.1) is 6.92 Å². The van der Waals surface area contributed by atoms with Crippen molar-refractivity contribution in [2.75, 3.05) is 13.1 Å². The van der Waals surface area contributed by atoms with Crippen LogP contribution < -0.4 is 5.32 Å². The van der Waals surface area contributed by atoms with E-state index >= 15 is 0 Å². The Balaban J connectivity index is 1.31. The molecule has 6 nitrogen and oxygen atoms in total. The van der Waals surface area contributed by atoms with Gasteiger partial charge in [-0.05, 0) is 55.7 Å². The molecule has 2 aromatic heterocycles. The molecule has 2 aromatic carbocycles. The van der Waals surface area contributed by atoms with Crippen LogP contribution in [0.2, 0.25) is 0 Å². The minimum Gasteiger partial charge on any atom is -0.464 e. The first kappa shape index (κ1) is 24.1. The van der Waals surface area contributed by atoms with Crippen LogP contribution in [0.25, 0.3) is 21.4 Å². The molecule has 1 fully saturated rings. The Morgan fingerprint density at radius 3 is 2.58 bits per heavy atom. The molecule has 0 unspecified atom stereocenters. The van der Waals surface area contributed by atoms with Crippen molar-refractivity contribution in [3.05, 3.63) is 76.6 Å². The van der Waals surface area contributed by atoms with Crippen LogP contribution in [0.5, 0.6) is 0 Å². The number of aromatic nitrogens is 1. The van der Waals surface area contributed by atoms with Crippen molar-refractivity contribution < 1.29 is 27.2 Å². The molecule has 1 aliphatic rings. The quantitative estimate of drug-likeness (QED) is 0.333. The zero-order valence-electron chi connectivity index (χ0n) is 19.3. The lowest BCUT2D eigenvalue weighted by atomic mass is 10.1. The lowest BCUT2D eigenvalue weighted by Crippen LogP contribution is -2.40. The molecule has 0 radical (unpaired) electrons. The molecule has 186 valence electrons. The van der Waals surface area contributed by atoms with Crippen LogP contribution >= 0.6 is 11.3 Å². The van der Waals surface area contributed by atoms with Gasteiger partial charge in [-0.1, -0.05) is 18.2 Å². The van der Waals surface area contributed by atoms with Crippen LogP contribution in [0.15, 0.2) is 59.2 Å². The third kappa shape index (κ3) is 4.86. The molecule has 1 N–H and O–H groups in total. The van der Waals surface area contributed by atoms with Gasteiger partial charge in [0.05, 0.1) is 27.3 Å². The summed E-state index contributed by atoms with van der Waals surface area (Å²) in [7, 11) is 0. The smallest absolute Gasteiger partial charge is 0.416 e. The van der Waals surface area contributed by atoms with Crippen molar-refractivity contribution in [2.24, 2.45) is 0 Å². The Labute approximate surface area is 208 Å². The molecule has 36 heavy (non-hydrogen) atoms. The second kappa shape index (κ2) is 9.42. The normalized spacial score (nSPS) is 13.7. The van der Waals surface area contributed by atoms with Crippen LogP contribution in [-0.4, -0.2) is 40.8 Å². The molecule has 2 amide bonds. The van der Waals surface area contributed by atoms with E-state index in [1.165, 1.54) is 29.7 Å². The number of thiazole rings is 1.